The van der Waals surface area contributed by atoms with E-state index in [-0.39, 0.29) is 17.5 Å². The molecule has 0 unspecified atom stereocenters. The van der Waals surface area contributed by atoms with Crippen molar-refractivity contribution in [3.8, 4) is 17.3 Å². The van der Waals surface area contributed by atoms with E-state index in [1.807, 2.05) is 60.7 Å². The second-order valence-electron chi connectivity index (χ2n) is 5.64. The molecule has 4 rings (SSSR count). The summed E-state index contributed by atoms with van der Waals surface area (Å²) in [6.45, 7) is 0.455. The number of nitrogens with zero attached hydrogens (tertiary/aromatic N) is 2. The van der Waals surface area contributed by atoms with Crippen molar-refractivity contribution in [3.05, 3.63) is 84.3 Å². The number of hydrogen-bond donors (Lipinski definition) is 1. The van der Waals surface area contributed by atoms with Gasteiger partial charge in [0.05, 0.1) is 6.04 Å². The maximum Gasteiger partial charge on any atom is 0.242 e. The molecule has 2 aromatic carbocycles. The second kappa shape index (κ2) is 6.54. The monoisotopic (exact) mass is 329 g/mol. The summed E-state index contributed by atoms with van der Waals surface area (Å²) in [6, 6.07) is 21.8. The zero-order valence-electron chi connectivity index (χ0n) is 13.3. The van der Waals surface area contributed by atoms with Gasteiger partial charge in [0.15, 0.2) is 5.57 Å². The molecule has 1 aliphatic heterocycles. The number of aromatic nitrogens is 1. The molecular weight excluding hydrogens is 314 g/mol. The van der Waals surface area contributed by atoms with E-state index in [4.69, 9.17) is 9.15 Å². The van der Waals surface area contributed by atoms with Crippen molar-refractivity contribution in [1.82, 2.24) is 10.3 Å². The highest BCUT2D eigenvalue weighted by Gasteiger charge is 2.26. The Morgan fingerprint density at radius 2 is 1.80 bits per heavy atom. The summed E-state index contributed by atoms with van der Waals surface area (Å²) in [6.07, 6.45) is 1.55. The van der Waals surface area contributed by atoms with Crippen molar-refractivity contribution >= 4 is 5.57 Å². The maximum atomic E-state index is 9.55. The summed E-state index contributed by atoms with van der Waals surface area (Å²) >= 11 is 0. The van der Waals surface area contributed by atoms with Crippen LogP contribution < -0.4 is 5.32 Å². The van der Waals surface area contributed by atoms with Crippen molar-refractivity contribution in [2.75, 3.05) is 6.61 Å². The van der Waals surface area contributed by atoms with Gasteiger partial charge in [0.1, 0.15) is 24.6 Å². The highest BCUT2D eigenvalue weighted by Crippen LogP contribution is 2.28. The fraction of sp³-hybridized carbons (Fsp3) is 0.100. The van der Waals surface area contributed by atoms with E-state index >= 15 is 0 Å². The van der Waals surface area contributed by atoms with Crippen LogP contribution in [-0.2, 0) is 4.74 Å². The van der Waals surface area contributed by atoms with Crippen LogP contribution in [-0.4, -0.2) is 11.6 Å². The van der Waals surface area contributed by atoms with Gasteiger partial charge in [0, 0.05) is 5.56 Å². The standard InChI is InChI=1S/C20H15N3O2/c21-11-16(19-22-17(12-24-19)14-7-3-1-4-8-14)20-23-18(13-25-20)15-9-5-2-6-10-15/h1-10,12,18,23H,13H2/t18-/m1/s1. The summed E-state index contributed by atoms with van der Waals surface area (Å²) in [5.41, 5.74) is 2.98. The minimum Gasteiger partial charge on any atom is -0.476 e. The molecule has 1 N–H and O–H groups in total. The van der Waals surface area contributed by atoms with Gasteiger partial charge < -0.3 is 14.5 Å². The first-order valence-electron chi connectivity index (χ1n) is 7.95. The van der Waals surface area contributed by atoms with Gasteiger partial charge in [-0.15, -0.1) is 0 Å². The minimum atomic E-state index is 0.00288. The lowest BCUT2D eigenvalue weighted by atomic mass is 10.1. The van der Waals surface area contributed by atoms with Crippen LogP contribution in [0.1, 0.15) is 17.5 Å². The van der Waals surface area contributed by atoms with Gasteiger partial charge in [-0.05, 0) is 5.56 Å². The first kappa shape index (κ1) is 15.0. The predicted octanol–water partition coefficient (Wildman–Crippen LogP) is 3.89. The van der Waals surface area contributed by atoms with Crippen molar-refractivity contribution in [2.24, 2.45) is 0 Å². The number of ether oxygens (including phenoxy) is 1. The van der Waals surface area contributed by atoms with Crippen LogP contribution in [0.3, 0.4) is 0 Å². The largest absolute Gasteiger partial charge is 0.476 e. The summed E-state index contributed by atoms with van der Waals surface area (Å²) in [5, 5.41) is 12.8. The Hall–Kier alpha value is -3.52. The average molecular weight is 329 g/mol. The van der Waals surface area contributed by atoms with E-state index in [1.165, 1.54) is 0 Å². The Balaban J connectivity index is 1.62. The van der Waals surface area contributed by atoms with E-state index in [9.17, 15) is 5.26 Å². The molecular formula is C20H15N3O2. The fourth-order valence-electron chi connectivity index (χ4n) is 2.74. The first-order chi connectivity index (χ1) is 12.3. The number of benzene rings is 2. The van der Waals surface area contributed by atoms with E-state index < -0.39 is 0 Å². The van der Waals surface area contributed by atoms with Crippen LogP contribution in [0.25, 0.3) is 16.8 Å². The predicted molar refractivity (Wildman–Crippen MR) is 92.7 cm³/mol. The number of nitrogens with one attached hydrogen (secondary N) is 1. The average Bonchev–Trinajstić information content (AvgIpc) is 3.35. The summed E-state index contributed by atoms with van der Waals surface area (Å²) < 4.78 is 11.2. The van der Waals surface area contributed by atoms with E-state index in [2.05, 4.69) is 16.4 Å². The third kappa shape index (κ3) is 2.98. The molecule has 1 saturated heterocycles. The number of allylic oxidation sites excluding steroid dienone is 1. The molecule has 1 atom stereocenters. The van der Waals surface area contributed by atoms with Crippen LogP contribution in [0.15, 0.2) is 77.2 Å². The maximum absolute atomic E-state index is 9.55. The Bertz CT molecular complexity index is 940. The zero-order valence-corrected chi connectivity index (χ0v) is 13.3. The molecule has 0 saturated carbocycles. The lowest BCUT2D eigenvalue weighted by Gasteiger charge is -2.07. The highest BCUT2D eigenvalue weighted by molar-refractivity contribution is 5.75. The SMILES string of the molecule is N#CC(=C1N[C@@H](c2ccccc2)CO1)c1nc(-c2ccccc2)co1. The molecule has 5 nitrogen and oxygen atoms in total. The zero-order chi connectivity index (χ0) is 17.1. The summed E-state index contributed by atoms with van der Waals surface area (Å²) in [4.78, 5) is 4.43. The van der Waals surface area contributed by atoms with Crippen LogP contribution in [0.2, 0.25) is 0 Å². The van der Waals surface area contributed by atoms with Crippen molar-refractivity contribution in [1.29, 1.82) is 5.26 Å². The molecule has 0 aliphatic carbocycles. The van der Waals surface area contributed by atoms with E-state index in [0.717, 1.165) is 11.1 Å². The smallest absolute Gasteiger partial charge is 0.242 e. The van der Waals surface area contributed by atoms with Gasteiger partial charge >= 0.3 is 0 Å². The number of rotatable bonds is 3. The molecule has 3 aromatic rings. The van der Waals surface area contributed by atoms with Gasteiger partial charge in [0.2, 0.25) is 11.8 Å². The molecule has 1 fully saturated rings. The third-order valence-corrected chi connectivity index (χ3v) is 4.03. The molecule has 0 bridgehead atoms. The Morgan fingerprint density at radius 1 is 1.08 bits per heavy atom. The highest BCUT2D eigenvalue weighted by atomic mass is 16.5. The Morgan fingerprint density at radius 3 is 2.52 bits per heavy atom. The number of oxazole rings is 1. The lowest BCUT2D eigenvalue weighted by Crippen LogP contribution is -2.14. The van der Waals surface area contributed by atoms with Crippen LogP contribution in [0.4, 0.5) is 0 Å². The van der Waals surface area contributed by atoms with Gasteiger partial charge in [-0.1, -0.05) is 60.7 Å². The second-order valence-corrected chi connectivity index (χ2v) is 5.64. The van der Waals surface area contributed by atoms with Crippen LogP contribution >= 0.6 is 0 Å². The van der Waals surface area contributed by atoms with Crippen LogP contribution in [0.5, 0.6) is 0 Å². The van der Waals surface area contributed by atoms with Gasteiger partial charge in [-0.2, -0.15) is 5.26 Å². The molecule has 0 radical (unpaired) electrons. The fourth-order valence-corrected chi connectivity index (χ4v) is 2.74. The normalized spacial score (nSPS) is 18.1. The molecule has 122 valence electrons. The van der Waals surface area contributed by atoms with Crippen molar-refractivity contribution < 1.29 is 9.15 Å². The number of nitriles is 1. The minimum absolute atomic E-state index is 0.00288. The molecule has 5 heteroatoms. The van der Waals surface area contributed by atoms with Gasteiger partial charge in [-0.25, -0.2) is 4.98 Å². The lowest BCUT2D eigenvalue weighted by molar-refractivity contribution is 0.256. The summed E-state index contributed by atoms with van der Waals surface area (Å²) in [7, 11) is 0. The molecule has 2 heterocycles. The summed E-state index contributed by atoms with van der Waals surface area (Å²) in [5.74, 6) is 0.648. The molecule has 1 aliphatic rings. The van der Waals surface area contributed by atoms with Crippen molar-refractivity contribution in [3.63, 3.8) is 0 Å². The third-order valence-electron chi connectivity index (χ3n) is 4.03. The number of hydrogen-bond acceptors (Lipinski definition) is 5. The van der Waals surface area contributed by atoms with Crippen molar-refractivity contribution in [2.45, 2.75) is 6.04 Å². The Labute approximate surface area is 145 Å². The first-order valence-corrected chi connectivity index (χ1v) is 7.95. The van der Waals surface area contributed by atoms with E-state index in [1.54, 1.807) is 6.26 Å². The van der Waals surface area contributed by atoms with Crippen LogP contribution in [0, 0.1) is 11.3 Å². The molecule has 0 amide bonds. The van der Waals surface area contributed by atoms with Gasteiger partial charge in [-0.3, -0.25) is 0 Å². The molecule has 25 heavy (non-hydrogen) atoms. The van der Waals surface area contributed by atoms with E-state index in [0.29, 0.717) is 18.2 Å². The topological polar surface area (TPSA) is 71.1 Å². The molecule has 1 aromatic heterocycles. The van der Waals surface area contributed by atoms with Gasteiger partial charge in [0.25, 0.3) is 0 Å². The quantitative estimate of drug-likeness (QED) is 0.738. The molecule has 0 spiro atoms. The Kier molecular flexibility index (Phi) is 3.93.